The Morgan fingerprint density at radius 2 is 1.86 bits per heavy atom. The Bertz CT molecular complexity index is 470. The first kappa shape index (κ1) is 18.3. The maximum atomic E-state index is 11.5. The fraction of sp³-hybridized carbons (Fsp3) is 0.526. The molecule has 0 radical (unpaired) electrons. The lowest BCUT2D eigenvalue weighted by molar-refractivity contribution is 0.0526. The third-order valence-corrected chi connectivity index (χ3v) is 3.46. The molecule has 0 unspecified atom stereocenters. The average molecular weight is 304 g/mol. The number of carbonyl (C=O) groups excluding carboxylic acids is 1. The van der Waals surface area contributed by atoms with Crippen LogP contribution in [-0.2, 0) is 4.74 Å². The van der Waals surface area contributed by atoms with Crippen LogP contribution >= 0.6 is 0 Å². The van der Waals surface area contributed by atoms with Crippen LogP contribution in [0.3, 0.4) is 0 Å². The molecule has 0 aromatic heterocycles. The van der Waals surface area contributed by atoms with Gasteiger partial charge in [-0.05, 0) is 70.2 Å². The first-order valence-corrected chi connectivity index (χ1v) is 8.06. The Kier molecular flexibility index (Phi) is 8.34. The highest BCUT2D eigenvalue weighted by Crippen LogP contribution is 2.16. The largest absolute Gasteiger partial charge is 0.494 e. The summed E-state index contributed by atoms with van der Waals surface area (Å²) in [5.74, 6) is 1.15. The summed E-state index contributed by atoms with van der Waals surface area (Å²) in [7, 11) is 0. The molecule has 0 heterocycles. The summed E-state index contributed by atoms with van der Waals surface area (Å²) in [5, 5.41) is 0. The second-order valence-electron chi connectivity index (χ2n) is 5.85. The van der Waals surface area contributed by atoms with Crippen LogP contribution in [0.25, 0.3) is 0 Å². The van der Waals surface area contributed by atoms with Gasteiger partial charge in [0.2, 0.25) is 0 Å². The van der Waals surface area contributed by atoms with Gasteiger partial charge < -0.3 is 9.47 Å². The Balaban J connectivity index is 2.30. The average Bonchev–Trinajstić information content (AvgIpc) is 2.48. The molecule has 3 nitrogen and oxygen atoms in total. The van der Waals surface area contributed by atoms with Crippen molar-refractivity contribution in [2.75, 3.05) is 13.2 Å². The molecule has 0 saturated carbocycles. The van der Waals surface area contributed by atoms with Gasteiger partial charge in [0.05, 0.1) is 18.8 Å². The Morgan fingerprint density at radius 1 is 1.18 bits per heavy atom. The van der Waals surface area contributed by atoms with E-state index in [1.807, 2.05) is 12.1 Å². The van der Waals surface area contributed by atoms with E-state index in [0.29, 0.717) is 24.7 Å². The molecule has 1 aromatic rings. The van der Waals surface area contributed by atoms with Crippen molar-refractivity contribution in [2.45, 2.75) is 47.0 Å². The van der Waals surface area contributed by atoms with E-state index in [1.165, 1.54) is 12.0 Å². The van der Waals surface area contributed by atoms with Crippen molar-refractivity contribution < 1.29 is 14.3 Å². The van der Waals surface area contributed by atoms with Crippen molar-refractivity contribution in [2.24, 2.45) is 5.92 Å². The number of rotatable bonds is 9. The standard InChI is InChI=1S/C19H28O3/c1-5-21-19(20)17-9-11-18(12-10-17)22-14-13-16(4)8-6-7-15(2)3/h7,9-12,16H,5-6,8,13-14H2,1-4H3/t16-/m0/s1. The Labute approximate surface area is 134 Å². The minimum Gasteiger partial charge on any atom is -0.494 e. The lowest BCUT2D eigenvalue weighted by Crippen LogP contribution is -2.06. The number of benzene rings is 1. The SMILES string of the molecule is CCOC(=O)c1ccc(OCC[C@@H](C)CCC=C(C)C)cc1. The Morgan fingerprint density at radius 3 is 2.45 bits per heavy atom. The molecular weight excluding hydrogens is 276 g/mol. The Hall–Kier alpha value is -1.77. The minimum atomic E-state index is -0.290. The van der Waals surface area contributed by atoms with E-state index in [2.05, 4.69) is 26.8 Å². The highest BCUT2D eigenvalue weighted by Gasteiger charge is 2.06. The summed E-state index contributed by atoms with van der Waals surface area (Å²) >= 11 is 0. The molecule has 122 valence electrons. The molecule has 0 amide bonds. The monoisotopic (exact) mass is 304 g/mol. The molecule has 1 aromatic carbocycles. The van der Waals surface area contributed by atoms with Crippen LogP contribution in [0, 0.1) is 5.92 Å². The number of ether oxygens (including phenoxy) is 2. The molecule has 22 heavy (non-hydrogen) atoms. The van der Waals surface area contributed by atoms with Gasteiger partial charge in [0.1, 0.15) is 5.75 Å². The predicted octanol–water partition coefficient (Wildman–Crippen LogP) is 5.01. The summed E-state index contributed by atoms with van der Waals surface area (Å²) in [4.78, 5) is 11.5. The smallest absolute Gasteiger partial charge is 0.338 e. The fourth-order valence-electron chi connectivity index (χ4n) is 2.08. The van der Waals surface area contributed by atoms with Gasteiger partial charge in [-0.25, -0.2) is 4.79 Å². The lowest BCUT2D eigenvalue weighted by Gasteiger charge is -2.11. The third kappa shape index (κ3) is 7.30. The van der Waals surface area contributed by atoms with Gasteiger partial charge in [0.15, 0.2) is 0 Å². The second-order valence-corrected chi connectivity index (χ2v) is 5.85. The van der Waals surface area contributed by atoms with Gasteiger partial charge >= 0.3 is 5.97 Å². The number of esters is 1. The fourth-order valence-corrected chi connectivity index (χ4v) is 2.08. The van der Waals surface area contributed by atoms with E-state index in [9.17, 15) is 4.79 Å². The predicted molar refractivity (Wildman–Crippen MR) is 90.3 cm³/mol. The van der Waals surface area contributed by atoms with Crippen LogP contribution in [0.15, 0.2) is 35.9 Å². The highest BCUT2D eigenvalue weighted by atomic mass is 16.5. The van der Waals surface area contributed by atoms with Crippen molar-refractivity contribution in [3.05, 3.63) is 41.5 Å². The van der Waals surface area contributed by atoms with Crippen molar-refractivity contribution in [1.82, 2.24) is 0 Å². The zero-order valence-corrected chi connectivity index (χ0v) is 14.2. The van der Waals surface area contributed by atoms with Crippen molar-refractivity contribution in [3.8, 4) is 5.75 Å². The number of allylic oxidation sites excluding steroid dienone is 2. The van der Waals surface area contributed by atoms with E-state index in [1.54, 1.807) is 19.1 Å². The molecule has 1 rings (SSSR count). The van der Waals surface area contributed by atoms with Gasteiger partial charge in [0, 0.05) is 0 Å². The zero-order chi connectivity index (χ0) is 16.4. The van der Waals surface area contributed by atoms with Gasteiger partial charge in [-0.3, -0.25) is 0 Å². The van der Waals surface area contributed by atoms with Crippen LogP contribution in [0.4, 0.5) is 0 Å². The van der Waals surface area contributed by atoms with Crippen LogP contribution < -0.4 is 4.74 Å². The van der Waals surface area contributed by atoms with Gasteiger partial charge in [-0.1, -0.05) is 18.6 Å². The summed E-state index contributed by atoms with van der Waals surface area (Å²) in [5.41, 5.74) is 1.94. The first-order valence-electron chi connectivity index (χ1n) is 8.06. The maximum absolute atomic E-state index is 11.5. The first-order chi connectivity index (χ1) is 10.5. The minimum absolute atomic E-state index is 0.290. The molecule has 0 aliphatic rings. The molecule has 0 spiro atoms. The molecule has 1 atom stereocenters. The van der Waals surface area contributed by atoms with Gasteiger partial charge in [-0.15, -0.1) is 0 Å². The second kappa shape index (κ2) is 10.0. The molecule has 0 aliphatic heterocycles. The normalized spacial score (nSPS) is 11.6. The topological polar surface area (TPSA) is 35.5 Å². The van der Waals surface area contributed by atoms with E-state index in [-0.39, 0.29) is 5.97 Å². The lowest BCUT2D eigenvalue weighted by atomic mass is 10.0. The highest BCUT2D eigenvalue weighted by molar-refractivity contribution is 5.89. The summed E-state index contributed by atoms with van der Waals surface area (Å²) in [6.45, 7) is 9.41. The number of carbonyl (C=O) groups is 1. The quantitative estimate of drug-likeness (QED) is 0.475. The molecule has 0 N–H and O–H groups in total. The molecular formula is C19H28O3. The van der Waals surface area contributed by atoms with E-state index >= 15 is 0 Å². The summed E-state index contributed by atoms with van der Waals surface area (Å²) in [6.07, 6.45) is 5.65. The van der Waals surface area contributed by atoms with Crippen molar-refractivity contribution in [3.63, 3.8) is 0 Å². The summed E-state index contributed by atoms with van der Waals surface area (Å²) in [6, 6.07) is 7.12. The molecule has 3 heteroatoms. The number of hydrogen-bond donors (Lipinski definition) is 0. The van der Waals surface area contributed by atoms with Crippen molar-refractivity contribution in [1.29, 1.82) is 0 Å². The van der Waals surface area contributed by atoms with E-state index in [4.69, 9.17) is 9.47 Å². The van der Waals surface area contributed by atoms with Crippen LogP contribution in [0.5, 0.6) is 5.75 Å². The van der Waals surface area contributed by atoms with Crippen molar-refractivity contribution >= 4 is 5.97 Å². The molecule has 0 aliphatic carbocycles. The molecule has 0 bridgehead atoms. The summed E-state index contributed by atoms with van der Waals surface area (Å²) < 4.78 is 10.7. The van der Waals surface area contributed by atoms with Gasteiger partial charge in [0.25, 0.3) is 0 Å². The van der Waals surface area contributed by atoms with E-state index < -0.39 is 0 Å². The van der Waals surface area contributed by atoms with Crippen LogP contribution in [0.2, 0.25) is 0 Å². The zero-order valence-electron chi connectivity index (χ0n) is 14.2. The molecule has 0 fully saturated rings. The van der Waals surface area contributed by atoms with Gasteiger partial charge in [-0.2, -0.15) is 0 Å². The third-order valence-electron chi connectivity index (χ3n) is 3.46. The van der Waals surface area contributed by atoms with Crippen LogP contribution in [0.1, 0.15) is 57.3 Å². The molecule has 0 saturated heterocycles. The number of hydrogen-bond acceptors (Lipinski definition) is 3. The van der Waals surface area contributed by atoms with Crippen LogP contribution in [-0.4, -0.2) is 19.2 Å². The maximum Gasteiger partial charge on any atom is 0.338 e. The van der Waals surface area contributed by atoms with E-state index in [0.717, 1.165) is 18.6 Å².